The second-order valence-electron chi connectivity index (χ2n) is 6.75. The molecule has 0 bridgehead atoms. The van der Waals surface area contributed by atoms with E-state index in [1.54, 1.807) is 6.07 Å². The summed E-state index contributed by atoms with van der Waals surface area (Å²) in [5.74, 6) is -1.02. The minimum Gasteiger partial charge on any atom is -0.477 e. The molecule has 0 radical (unpaired) electrons. The highest BCUT2D eigenvalue weighted by Crippen LogP contribution is 2.25. The van der Waals surface area contributed by atoms with Crippen LogP contribution in [0.15, 0.2) is 36.4 Å². The SMILES string of the molecule is Cc1ccc(-c2cc(C(=O)O)n3nc(C(C)(C)C)cc3n2)cc1. The molecule has 0 aliphatic heterocycles. The lowest BCUT2D eigenvalue weighted by atomic mass is 9.93. The van der Waals surface area contributed by atoms with Crippen LogP contribution >= 0.6 is 0 Å². The van der Waals surface area contributed by atoms with Gasteiger partial charge in [0.05, 0.1) is 11.4 Å². The van der Waals surface area contributed by atoms with Crippen LogP contribution in [0.2, 0.25) is 0 Å². The number of hydrogen-bond donors (Lipinski definition) is 1. The molecule has 0 saturated heterocycles. The van der Waals surface area contributed by atoms with Crippen molar-refractivity contribution in [3.8, 4) is 11.3 Å². The molecule has 3 aromatic rings. The highest BCUT2D eigenvalue weighted by molar-refractivity contribution is 5.88. The summed E-state index contributed by atoms with van der Waals surface area (Å²) in [4.78, 5) is 16.2. The molecule has 0 spiro atoms. The molecule has 5 nitrogen and oxygen atoms in total. The fourth-order valence-electron chi connectivity index (χ4n) is 2.37. The summed E-state index contributed by atoms with van der Waals surface area (Å²) in [5.41, 5.74) is 3.97. The fourth-order valence-corrected chi connectivity index (χ4v) is 2.37. The zero-order valence-electron chi connectivity index (χ0n) is 13.7. The highest BCUT2D eigenvalue weighted by Gasteiger charge is 2.21. The summed E-state index contributed by atoms with van der Waals surface area (Å²) in [5, 5.41) is 13.9. The standard InChI is InChI=1S/C18H19N3O2/c1-11-5-7-12(8-6-11)13-9-14(17(22)23)21-16(19-13)10-15(20-21)18(2,3)4/h5-10H,1-4H3,(H,22,23). The van der Waals surface area contributed by atoms with E-state index in [4.69, 9.17) is 0 Å². The van der Waals surface area contributed by atoms with Gasteiger partial charge in [-0.25, -0.2) is 14.3 Å². The van der Waals surface area contributed by atoms with Crippen LogP contribution in [0.3, 0.4) is 0 Å². The molecular weight excluding hydrogens is 290 g/mol. The second-order valence-corrected chi connectivity index (χ2v) is 6.75. The van der Waals surface area contributed by atoms with Crippen molar-refractivity contribution in [3.05, 3.63) is 53.3 Å². The number of aromatic carboxylic acids is 1. The van der Waals surface area contributed by atoms with Crippen molar-refractivity contribution < 1.29 is 9.90 Å². The lowest BCUT2D eigenvalue weighted by Crippen LogP contribution is -2.13. The summed E-state index contributed by atoms with van der Waals surface area (Å²) in [7, 11) is 0. The van der Waals surface area contributed by atoms with Crippen LogP contribution in [0.25, 0.3) is 16.9 Å². The van der Waals surface area contributed by atoms with Crippen molar-refractivity contribution in [1.82, 2.24) is 14.6 Å². The molecule has 2 heterocycles. The maximum atomic E-state index is 11.6. The van der Waals surface area contributed by atoms with Crippen LogP contribution in [-0.4, -0.2) is 25.7 Å². The number of aromatic nitrogens is 3. The van der Waals surface area contributed by atoms with Gasteiger partial charge < -0.3 is 5.11 Å². The van der Waals surface area contributed by atoms with Crippen LogP contribution in [0.4, 0.5) is 0 Å². The maximum Gasteiger partial charge on any atom is 0.354 e. The summed E-state index contributed by atoms with van der Waals surface area (Å²) in [6.45, 7) is 8.12. The first kappa shape index (κ1) is 15.2. The van der Waals surface area contributed by atoms with Gasteiger partial charge in [0.25, 0.3) is 0 Å². The predicted molar refractivity (Wildman–Crippen MR) is 88.8 cm³/mol. The number of carboxylic acids is 1. The molecule has 0 amide bonds. The molecule has 0 aliphatic carbocycles. The minimum absolute atomic E-state index is 0.112. The zero-order chi connectivity index (χ0) is 16.8. The fraction of sp³-hybridized carbons (Fsp3) is 0.278. The predicted octanol–water partition coefficient (Wildman–Crippen LogP) is 3.70. The Morgan fingerprint density at radius 1 is 1.13 bits per heavy atom. The normalized spacial score (nSPS) is 11.8. The van der Waals surface area contributed by atoms with Gasteiger partial charge in [-0.05, 0) is 13.0 Å². The Kier molecular flexibility index (Phi) is 3.43. The molecule has 0 saturated carbocycles. The van der Waals surface area contributed by atoms with Gasteiger partial charge in [-0.2, -0.15) is 5.10 Å². The van der Waals surface area contributed by atoms with E-state index < -0.39 is 5.97 Å². The molecular formula is C18H19N3O2. The van der Waals surface area contributed by atoms with Gasteiger partial charge in [0.1, 0.15) is 0 Å². The van der Waals surface area contributed by atoms with Crippen molar-refractivity contribution in [2.24, 2.45) is 0 Å². The summed E-state index contributed by atoms with van der Waals surface area (Å²) in [6.07, 6.45) is 0. The van der Waals surface area contributed by atoms with E-state index in [2.05, 4.69) is 10.1 Å². The van der Waals surface area contributed by atoms with Crippen LogP contribution < -0.4 is 0 Å². The van der Waals surface area contributed by atoms with Gasteiger partial charge in [-0.3, -0.25) is 0 Å². The van der Waals surface area contributed by atoms with E-state index in [1.807, 2.05) is 58.0 Å². The van der Waals surface area contributed by atoms with Crippen LogP contribution in [0.1, 0.15) is 42.5 Å². The first-order valence-corrected chi connectivity index (χ1v) is 7.47. The number of hydrogen-bond acceptors (Lipinski definition) is 3. The summed E-state index contributed by atoms with van der Waals surface area (Å²) < 4.78 is 1.40. The number of fused-ring (bicyclic) bond motifs is 1. The maximum absolute atomic E-state index is 11.6. The Bertz CT molecular complexity index is 887. The molecule has 0 aliphatic rings. The molecule has 1 N–H and O–H groups in total. The van der Waals surface area contributed by atoms with Gasteiger partial charge >= 0.3 is 5.97 Å². The molecule has 0 unspecified atom stereocenters. The molecule has 23 heavy (non-hydrogen) atoms. The van der Waals surface area contributed by atoms with Crippen LogP contribution in [-0.2, 0) is 5.41 Å². The van der Waals surface area contributed by atoms with Gasteiger partial charge in [0.2, 0.25) is 0 Å². The number of aryl methyl sites for hydroxylation is 1. The average Bonchev–Trinajstić information content (AvgIpc) is 2.90. The average molecular weight is 309 g/mol. The lowest BCUT2D eigenvalue weighted by molar-refractivity contribution is 0.0687. The molecule has 2 aromatic heterocycles. The quantitative estimate of drug-likeness (QED) is 0.783. The van der Waals surface area contributed by atoms with Gasteiger partial charge in [0, 0.05) is 17.0 Å². The van der Waals surface area contributed by atoms with E-state index in [-0.39, 0.29) is 11.1 Å². The number of carbonyl (C=O) groups is 1. The number of nitrogens with zero attached hydrogens (tertiary/aromatic N) is 3. The summed E-state index contributed by atoms with van der Waals surface area (Å²) >= 11 is 0. The molecule has 5 heteroatoms. The van der Waals surface area contributed by atoms with E-state index in [1.165, 1.54) is 4.52 Å². The lowest BCUT2D eigenvalue weighted by Gasteiger charge is -2.13. The van der Waals surface area contributed by atoms with Gasteiger partial charge in [-0.1, -0.05) is 50.6 Å². The Labute approximate surface area is 134 Å². The highest BCUT2D eigenvalue weighted by atomic mass is 16.4. The Hall–Kier alpha value is -2.69. The Morgan fingerprint density at radius 3 is 2.35 bits per heavy atom. The van der Waals surface area contributed by atoms with Crippen molar-refractivity contribution in [2.75, 3.05) is 0 Å². The Balaban J connectivity index is 2.25. The third kappa shape index (κ3) is 2.82. The van der Waals surface area contributed by atoms with Crippen LogP contribution in [0, 0.1) is 6.92 Å². The van der Waals surface area contributed by atoms with Gasteiger partial charge in [-0.15, -0.1) is 0 Å². The van der Waals surface area contributed by atoms with E-state index in [0.29, 0.717) is 11.3 Å². The first-order chi connectivity index (χ1) is 10.8. The van der Waals surface area contributed by atoms with Crippen molar-refractivity contribution in [2.45, 2.75) is 33.1 Å². The number of benzene rings is 1. The second kappa shape index (κ2) is 5.19. The smallest absolute Gasteiger partial charge is 0.354 e. The molecule has 0 fully saturated rings. The zero-order valence-corrected chi connectivity index (χ0v) is 13.7. The first-order valence-electron chi connectivity index (χ1n) is 7.47. The van der Waals surface area contributed by atoms with Crippen molar-refractivity contribution >= 4 is 11.6 Å². The third-order valence-corrected chi connectivity index (χ3v) is 3.76. The minimum atomic E-state index is -1.02. The Morgan fingerprint density at radius 2 is 1.78 bits per heavy atom. The van der Waals surface area contributed by atoms with Crippen LogP contribution in [0.5, 0.6) is 0 Å². The van der Waals surface area contributed by atoms with Crippen molar-refractivity contribution in [3.63, 3.8) is 0 Å². The number of carboxylic acid groups (broad SMARTS) is 1. The summed E-state index contributed by atoms with van der Waals surface area (Å²) in [6, 6.07) is 11.3. The molecule has 3 rings (SSSR count). The monoisotopic (exact) mass is 309 g/mol. The molecule has 118 valence electrons. The van der Waals surface area contributed by atoms with E-state index in [9.17, 15) is 9.90 Å². The largest absolute Gasteiger partial charge is 0.477 e. The van der Waals surface area contributed by atoms with Crippen molar-refractivity contribution in [1.29, 1.82) is 0 Å². The molecule has 0 atom stereocenters. The topological polar surface area (TPSA) is 67.5 Å². The van der Waals surface area contributed by atoms with E-state index in [0.717, 1.165) is 16.8 Å². The third-order valence-electron chi connectivity index (χ3n) is 3.76. The number of rotatable bonds is 2. The van der Waals surface area contributed by atoms with E-state index >= 15 is 0 Å². The van der Waals surface area contributed by atoms with Gasteiger partial charge in [0.15, 0.2) is 11.3 Å². The molecule has 1 aromatic carbocycles.